The van der Waals surface area contributed by atoms with E-state index < -0.39 is 5.60 Å². The molecule has 0 spiro atoms. The van der Waals surface area contributed by atoms with Gasteiger partial charge in [0.15, 0.2) is 0 Å². The lowest BCUT2D eigenvalue weighted by molar-refractivity contribution is -0.0440. The molecule has 1 aromatic rings. The van der Waals surface area contributed by atoms with Gasteiger partial charge in [0, 0.05) is 0 Å². The predicted octanol–water partition coefficient (Wildman–Crippen LogP) is 4.04. The fourth-order valence-corrected chi connectivity index (χ4v) is 3.12. The van der Waals surface area contributed by atoms with Crippen LogP contribution in [0.3, 0.4) is 0 Å². The van der Waals surface area contributed by atoms with Crippen molar-refractivity contribution in [3.63, 3.8) is 0 Å². The molecule has 1 aromatic carbocycles. The van der Waals surface area contributed by atoms with Crippen LogP contribution in [-0.4, -0.2) is 5.11 Å². The number of aliphatic hydroxyl groups is 1. The molecule has 0 aliphatic heterocycles. The molecule has 0 saturated heterocycles. The normalized spacial score (nSPS) is 28.0. The average Bonchev–Trinajstić information content (AvgIpc) is 2.27. The van der Waals surface area contributed by atoms with E-state index in [1.165, 1.54) is 12.0 Å². The molecular weight excluding hydrogens is 208 g/mol. The zero-order chi connectivity index (χ0) is 12.5. The molecule has 1 aliphatic carbocycles. The van der Waals surface area contributed by atoms with E-state index in [0.717, 1.165) is 31.2 Å². The van der Waals surface area contributed by atoms with Gasteiger partial charge in [-0.05, 0) is 48.6 Å². The van der Waals surface area contributed by atoms with Crippen LogP contribution in [0, 0.1) is 5.41 Å². The summed E-state index contributed by atoms with van der Waals surface area (Å²) >= 11 is 0. The van der Waals surface area contributed by atoms with E-state index in [-0.39, 0.29) is 5.41 Å². The predicted molar refractivity (Wildman–Crippen MR) is 72.0 cm³/mol. The van der Waals surface area contributed by atoms with Gasteiger partial charge in [-0.15, -0.1) is 0 Å². The molecule has 17 heavy (non-hydrogen) atoms. The van der Waals surface area contributed by atoms with Crippen molar-refractivity contribution in [2.45, 2.75) is 58.5 Å². The van der Waals surface area contributed by atoms with Crippen molar-refractivity contribution in [2.24, 2.45) is 5.41 Å². The number of rotatable bonds is 2. The summed E-state index contributed by atoms with van der Waals surface area (Å²) < 4.78 is 0. The van der Waals surface area contributed by atoms with E-state index in [9.17, 15) is 5.11 Å². The minimum Gasteiger partial charge on any atom is -0.385 e. The molecule has 1 atom stereocenters. The maximum atomic E-state index is 10.8. The molecule has 1 fully saturated rings. The smallest absolute Gasteiger partial charge is 0.0901 e. The molecule has 1 N–H and O–H groups in total. The van der Waals surface area contributed by atoms with Gasteiger partial charge in [-0.25, -0.2) is 0 Å². The van der Waals surface area contributed by atoms with Gasteiger partial charge in [-0.3, -0.25) is 0 Å². The van der Waals surface area contributed by atoms with Gasteiger partial charge in [0.05, 0.1) is 5.60 Å². The fourth-order valence-electron chi connectivity index (χ4n) is 3.12. The van der Waals surface area contributed by atoms with Gasteiger partial charge in [0.2, 0.25) is 0 Å². The molecule has 0 aromatic heterocycles. The first-order valence-corrected chi connectivity index (χ1v) is 6.77. The van der Waals surface area contributed by atoms with Crippen LogP contribution < -0.4 is 0 Å². The first kappa shape index (κ1) is 12.6. The third kappa shape index (κ3) is 2.71. The van der Waals surface area contributed by atoms with Crippen molar-refractivity contribution in [1.29, 1.82) is 0 Å². The molecule has 1 aliphatic rings. The van der Waals surface area contributed by atoms with Crippen molar-refractivity contribution in [3.8, 4) is 0 Å². The van der Waals surface area contributed by atoms with Crippen molar-refractivity contribution in [2.75, 3.05) is 0 Å². The third-order valence-electron chi connectivity index (χ3n) is 4.11. The van der Waals surface area contributed by atoms with Crippen LogP contribution in [-0.2, 0) is 12.0 Å². The average molecular weight is 232 g/mol. The zero-order valence-corrected chi connectivity index (χ0v) is 11.3. The van der Waals surface area contributed by atoms with Gasteiger partial charge in [0.1, 0.15) is 0 Å². The van der Waals surface area contributed by atoms with Gasteiger partial charge in [-0.2, -0.15) is 0 Å². The Balaban J connectivity index is 2.24. The van der Waals surface area contributed by atoms with E-state index in [0.29, 0.717) is 0 Å². The first-order chi connectivity index (χ1) is 7.95. The Kier molecular flexibility index (Phi) is 3.31. The van der Waals surface area contributed by atoms with E-state index >= 15 is 0 Å². The summed E-state index contributed by atoms with van der Waals surface area (Å²) in [5.41, 5.74) is 2.10. The summed E-state index contributed by atoms with van der Waals surface area (Å²) in [6.45, 7) is 6.68. The van der Waals surface area contributed by atoms with Crippen LogP contribution in [0.2, 0.25) is 0 Å². The number of benzene rings is 1. The van der Waals surface area contributed by atoms with E-state index in [1.54, 1.807) is 0 Å². The molecule has 94 valence electrons. The third-order valence-corrected chi connectivity index (χ3v) is 4.11. The highest BCUT2D eigenvalue weighted by molar-refractivity contribution is 5.28. The Morgan fingerprint density at radius 2 is 1.76 bits per heavy atom. The van der Waals surface area contributed by atoms with Crippen molar-refractivity contribution in [1.82, 2.24) is 0 Å². The highest BCUT2D eigenvalue weighted by Crippen LogP contribution is 2.46. The molecular formula is C16H24O. The van der Waals surface area contributed by atoms with Gasteiger partial charge in [0.25, 0.3) is 0 Å². The lowest BCUT2D eigenvalue weighted by atomic mass is 9.67. The summed E-state index contributed by atoms with van der Waals surface area (Å²) in [4.78, 5) is 0. The fraction of sp³-hybridized carbons (Fsp3) is 0.625. The molecule has 1 nitrogen and oxygen atoms in total. The van der Waals surface area contributed by atoms with Crippen LogP contribution in [0.1, 0.15) is 57.6 Å². The molecule has 0 amide bonds. The van der Waals surface area contributed by atoms with Gasteiger partial charge in [-0.1, -0.05) is 45.0 Å². The molecule has 2 rings (SSSR count). The quantitative estimate of drug-likeness (QED) is 0.816. The second-order valence-electron chi connectivity index (χ2n) is 6.28. The molecule has 0 bridgehead atoms. The lowest BCUT2D eigenvalue weighted by Crippen LogP contribution is -2.36. The topological polar surface area (TPSA) is 20.2 Å². The summed E-state index contributed by atoms with van der Waals surface area (Å²) in [5.74, 6) is 0. The standard InChI is InChI=1S/C16H24O/c1-4-13-6-8-14(9-7-13)16(17)11-5-10-15(2,3)12-16/h6-9,17H,4-5,10-12H2,1-3H3. The highest BCUT2D eigenvalue weighted by atomic mass is 16.3. The monoisotopic (exact) mass is 232 g/mol. The minimum atomic E-state index is -0.603. The maximum Gasteiger partial charge on any atom is 0.0901 e. The van der Waals surface area contributed by atoms with Crippen LogP contribution in [0.25, 0.3) is 0 Å². The van der Waals surface area contributed by atoms with E-state index in [1.807, 2.05) is 0 Å². The molecule has 1 saturated carbocycles. The summed E-state index contributed by atoms with van der Waals surface area (Å²) in [6.07, 6.45) is 5.19. The SMILES string of the molecule is CCc1ccc(C2(O)CCCC(C)(C)C2)cc1. The Labute approximate surface area is 105 Å². The molecule has 1 heteroatoms. The lowest BCUT2D eigenvalue weighted by Gasteiger charge is -2.42. The van der Waals surface area contributed by atoms with Crippen LogP contribution in [0.15, 0.2) is 24.3 Å². The number of aryl methyl sites for hydroxylation is 1. The van der Waals surface area contributed by atoms with Gasteiger partial charge < -0.3 is 5.11 Å². The van der Waals surface area contributed by atoms with Gasteiger partial charge >= 0.3 is 0 Å². The Bertz CT molecular complexity index is 377. The molecule has 0 heterocycles. The Morgan fingerprint density at radius 1 is 1.12 bits per heavy atom. The Hall–Kier alpha value is -0.820. The first-order valence-electron chi connectivity index (χ1n) is 6.77. The highest BCUT2D eigenvalue weighted by Gasteiger charge is 2.39. The second-order valence-corrected chi connectivity index (χ2v) is 6.28. The minimum absolute atomic E-state index is 0.260. The summed E-state index contributed by atoms with van der Waals surface area (Å²) in [7, 11) is 0. The van der Waals surface area contributed by atoms with Crippen LogP contribution in [0.4, 0.5) is 0 Å². The molecule has 1 unspecified atom stereocenters. The number of hydrogen-bond donors (Lipinski definition) is 1. The van der Waals surface area contributed by atoms with Crippen LogP contribution in [0.5, 0.6) is 0 Å². The second kappa shape index (κ2) is 4.45. The van der Waals surface area contributed by atoms with Crippen LogP contribution >= 0.6 is 0 Å². The maximum absolute atomic E-state index is 10.8. The summed E-state index contributed by atoms with van der Waals surface area (Å²) in [5, 5.41) is 10.8. The van der Waals surface area contributed by atoms with Crippen molar-refractivity contribution >= 4 is 0 Å². The zero-order valence-electron chi connectivity index (χ0n) is 11.3. The Morgan fingerprint density at radius 3 is 2.29 bits per heavy atom. The summed E-state index contributed by atoms with van der Waals surface area (Å²) in [6, 6.07) is 8.52. The van der Waals surface area contributed by atoms with Crippen molar-refractivity contribution in [3.05, 3.63) is 35.4 Å². The number of hydrogen-bond acceptors (Lipinski definition) is 1. The molecule has 0 radical (unpaired) electrons. The van der Waals surface area contributed by atoms with E-state index in [4.69, 9.17) is 0 Å². The largest absolute Gasteiger partial charge is 0.385 e. The van der Waals surface area contributed by atoms with E-state index in [2.05, 4.69) is 45.0 Å². The van der Waals surface area contributed by atoms with Crippen molar-refractivity contribution < 1.29 is 5.11 Å².